The van der Waals surface area contributed by atoms with Crippen molar-refractivity contribution in [2.45, 2.75) is 75.1 Å². The van der Waals surface area contributed by atoms with Gasteiger partial charge in [0, 0.05) is 12.3 Å². The zero-order valence-corrected chi connectivity index (χ0v) is 13.9. The molecule has 0 bridgehead atoms. The third kappa shape index (κ3) is 3.59. The summed E-state index contributed by atoms with van der Waals surface area (Å²) >= 11 is 0. The van der Waals surface area contributed by atoms with E-state index in [2.05, 4.69) is 5.32 Å². The fourth-order valence-corrected chi connectivity index (χ4v) is 5.49. The molecule has 2 saturated carbocycles. The van der Waals surface area contributed by atoms with Crippen LogP contribution in [0.4, 0.5) is 0 Å². The lowest BCUT2D eigenvalue weighted by molar-refractivity contribution is -0.151. The summed E-state index contributed by atoms with van der Waals surface area (Å²) in [6, 6.07) is 0.227. The van der Waals surface area contributed by atoms with Crippen molar-refractivity contribution in [3.63, 3.8) is 0 Å². The number of hydrogen-bond acceptors (Lipinski definition) is 5. The van der Waals surface area contributed by atoms with Crippen LogP contribution in [0.5, 0.6) is 0 Å². The lowest BCUT2D eigenvalue weighted by Crippen LogP contribution is -2.63. The lowest BCUT2D eigenvalue weighted by Gasteiger charge is -2.38. The van der Waals surface area contributed by atoms with Crippen LogP contribution < -0.4 is 5.32 Å². The summed E-state index contributed by atoms with van der Waals surface area (Å²) < 4.78 is 29.5. The molecule has 0 heterocycles. The van der Waals surface area contributed by atoms with Crippen molar-refractivity contribution in [2.24, 2.45) is 0 Å². The number of sulfone groups is 1. The first-order chi connectivity index (χ1) is 9.90. The van der Waals surface area contributed by atoms with Crippen molar-refractivity contribution in [3.8, 4) is 0 Å². The monoisotopic (exact) mass is 317 g/mol. The van der Waals surface area contributed by atoms with Crippen molar-refractivity contribution in [2.75, 3.05) is 12.9 Å². The quantitative estimate of drug-likeness (QED) is 0.783. The van der Waals surface area contributed by atoms with Crippen LogP contribution in [-0.4, -0.2) is 44.1 Å². The summed E-state index contributed by atoms with van der Waals surface area (Å²) in [6.07, 6.45) is 8.60. The molecule has 1 N–H and O–H groups in total. The van der Waals surface area contributed by atoms with Crippen molar-refractivity contribution in [1.82, 2.24) is 5.32 Å². The largest absolute Gasteiger partial charge is 0.465 e. The first-order valence-electron chi connectivity index (χ1n) is 8.04. The van der Waals surface area contributed by atoms with Gasteiger partial charge in [-0.25, -0.2) is 8.42 Å². The van der Waals surface area contributed by atoms with Crippen LogP contribution in [0.25, 0.3) is 0 Å². The highest BCUT2D eigenvalue weighted by Crippen LogP contribution is 2.37. The van der Waals surface area contributed by atoms with E-state index in [1.54, 1.807) is 6.92 Å². The highest BCUT2D eigenvalue weighted by Gasteiger charge is 2.55. The van der Waals surface area contributed by atoms with Crippen molar-refractivity contribution in [3.05, 3.63) is 0 Å². The molecule has 0 radical (unpaired) electrons. The van der Waals surface area contributed by atoms with E-state index in [0.717, 1.165) is 32.1 Å². The second kappa shape index (κ2) is 6.65. The maximum absolute atomic E-state index is 12.5. The molecule has 0 aromatic heterocycles. The van der Waals surface area contributed by atoms with Crippen LogP contribution in [0.15, 0.2) is 0 Å². The minimum absolute atomic E-state index is 0.227. The van der Waals surface area contributed by atoms with E-state index in [4.69, 9.17) is 4.74 Å². The second-order valence-electron chi connectivity index (χ2n) is 6.38. The minimum atomic E-state index is -3.29. The van der Waals surface area contributed by atoms with Gasteiger partial charge >= 0.3 is 5.97 Å². The van der Waals surface area contributed by atoms with Gasteiger partial charge in [0.1, 0.15) is 5.54 Å². The van der Waals surface area contributed by atoms with E-state index in [1.165, 1.54) is 12.7 Å². The Bertz CT molecular complexity index is 470. The van der Waals surface area contributed by atoms with E-state index in [-0.39, 0.29) is 18.6 Å². The van der Waals surface area contributed by atoms with Gasteiger partial charge in [-0.05, 0) is 39.0 Å². The Kier molecular flexibility index (Phi) is 5.30. The smallest absolute Gasteiger partial charge is 0.327 e. The van der Waals surface area contributed by atoms with Crippen LogP contribution >= 0.6 is 0 Å². The molecule has 0 aliphatic heterocycles. The molecule has 0 amide bonds. The Hall–Kier alpha value is -0.620. The number of rotatable bonds is 5. The summed E-state index contributed by atoms with van der Waals surface area (Å²) in [4.78, 5) is 12.5. The maximum Gasteiger partial charge on any atom is 0.327 e. The molecule has 6 heteroatoms. The summed E-state index contributed by atoms with van der Waals surface area (Å²) in [5, 5.41) is 2.76. The molecule has 2 rings (SSSR count). The molecular weight excluding hydrogens is 290 g/mol. The summed E-state index contributed by atoms with van der Waals surface area (Å²) in [5.41, 5.74) is -1.04. The zero-order valence-electron chi connectivity index (χ0n) is 13.1. The molecule has 0 aromatic carbocycles. The van der Waals surface area contributed by atoms with Gasteiger partial charge < -0.3 is 4.74 Å². The van der Waals surface area contributed by atoms with Gasteiger partial charge in [0.25, 0.3) is 0 Å². The summed E-state index contributed by atoms with van der Waals surface area (Å²) in [7, 11) is -3.29. The van der Waals surface area contributed by atoms with Crippen LogP contribution in [0.2, 0.25) is 0 Å². The molecule has 122 valence electrons. The van der Waals surface area contributed by atoms with Gasteiger partial charge in [-0.2, -0.15) is 0 Å². The maximum atomic E-state index is 12.5. The Morgan fingerprint density at radius 1 is 1.19 bits per heavy atom. The topological polar surface area (TPSA) is 72.5 Å². The van der Waals surface area contributed by atoms with E-state index in [1.807, 2.05) is 0 Å². The Labute approximate surface area is 127 Å². The first kappa shape index (κ1) is 16.7. The predicted molar refractivity (Wildman–Crippen MR) is 81.9 cm³/mol. The van der Waals surface area contributed by atoms with Crippen LogP contribution in [0.3, 0.4) is 0 Å². The van der Waals surface area contributed by atoms with Gasteiger partial charge in [-0.15, -0.1) is 0 Å². The van der Waals surface area contributed by atoms with Crippen LogP contribution in [0.1, 0.15) is 58.3 Å². The number of nitrogens with one attached hydrogen (secondary N) is 1. The molecule has 0 saturated heterocycles. The SMILES string of the molecule is CCOC(=O)C1(NC2CCCCC2)CCCC1S(C)(=O)=O. The molecule has 21 heavy (non-hydrogen) atoms. The van der Waals surface area contributed by atoms with E-state index in [0.29, 0.717) is 12.8 Å². The number of esters is 1. The molecule has 2 unspecified atom stereocenters. The third-order valence-corrected chi connectivity index (χ3v) is 6.48. The molecular formula is C15H27NO4S. The Morgan fingerprint density at radius 2 is 1.86 bits per heavy atom. The minimum Gasteiger partial charge on any atom is -0.465 e. The van der Waals surface area contributed by atoms with Gasteiger partial charge in [0.15, 0.2) is 9.84 Å². The molecule has 5 nitrogen and oxygen atoms in total. The Morgan fingerprint density at radius 3 is 2.43 bits per heavy atom. The van der Waals surface area contributed by atoms with E-state index >= 15 is 0 Å². The number of hydrogen-bond donors (Lipinski definition) is 1. The van der Waals surface area contributed by atoms with Crippen LogP contribution in [-0.2, 0) is 19.4 Å². The Balaban J connectivity index is 2.27. The fourth-order valence-electron chi connectivity index (χ4n) is 3.88. The molecule has 2 fully saturated rings. The number of carbonyl (C=O) groups is 1. The van der Waals surface area contributed by atoms with Gasteiger partial charge in [0.2, 0.25) is 0 Å². The summed E-state index contributed by atoms with van der Waals surface area (Å²) in [5.74, 6) is -0.386. The number of carbonyl (C=O) groups excluding carboxylic acids is 1. The fraction of sp³-hybridized carbons (Fsp3) is 0.933. The standard InChI is InChI=1S/C15H27NO4S/c1-3-20-14(17)15(16-12-8-5-4-6-9-12)11-7-10-13(15)21(2,18)19/h12-13,16H,3-11H2,1-2H3. The second-order valence-corrected chi connectivity index (χ2v) is 8.61. The van der Waals surface area contributed by atoms with E-state index < -0.39 is 20.6 Å². The molecule has 0 aromatic rings. The third-order valence-electron chi connectivity index (χ3n) is 4.81. The van der Waals surface area contributed by atoms with Gasteiger partial charge in [0.05, 0.1) is 11.9 Å². The van der Waals surface area contributed by atoms with Crippen LogP contribution in [0, 0.1) is 0 Å². The number of ether oxygens (including phenoxy) is 1. The molecule has 2 aliphatic carbocycles. The lowest BCUT2D eigenvalue weighted by atomic mass is 9.90. The van der Waals surface area contributed by atoms with Crippen molar-refractivity contribution < 1.29 is 17.9 Å². The average molecular weight is 317 g/mol. The van der Waals surface area contributed by atoms with E-state index in [9.17, 15) is 13.2 Å². The summed E-state index contributed by atoms with van der Waals surface area (Å²) in [6.45, 7) is 2.04. The zero-order chi connectivity index (χ0) is 15.5. The highest BCUT2D eigenvalue weighted by atomic mass is 32.2. The normalized spacial score (nSPS) is 31.2. The molecule has 2 atom stereocenters. The average Bonchev–Trinajstić information content (AvgIpc) is 2.85. The van der Waals surface area contributed by atoms with Gasteiger partial charge in [-0.3, -0.25) is 10.1 Å². The van der Waals surface area contributed by atoms with Crippen molar-refractivity contribution >= 4 is 15.8 Å². The predicted octanol–water partition coefficient (Wildman–Crippen LogP) is 1.81. The highest BCUT2D eigenvalue weighted by molar-refractivity contribution is 7.91. The molecule has 0 spiro atoms. The van der Waals surface area contributed by atoms with Gasteiger partial charge in [-0.1, -0.05) is 19.3 Å². The molecule has 2 aliphatic rings. The first-order valence-corrected chi connectivity index (χ1v) is 9.99. The van der Waals surface area contributed by atoms with Crippen molar-refractivity contribution in [1.29, 1.82) is 0 Å².